The molecule has 0 aromatic rings. The highest BCUT2D eigenvalue weighted by molar-refractivity contribution is 7.73. The molecular formula is C16H20N2O4S. The molecule has 2 aliphatic rings. The number of carbonyl (C=O) groups is 1. The minimum absolute atomic E-state index is 0.0444. The van der Waals surface area contributed by atoms with Crippen molar-refractivity contribution < 1.29 is 17.9 Å². The molecule has 2 rings (SSSR count). The highest BCUT2D eigenvalue weighted by Crippen LogP contribution is 2.24. The van der Waals surface area contributed by atoms with Gasteiger partial charge in [0.2, 0.25) is 16.2 Å². The van der Waals surface area contributed by atoms with Gasteiger partial charge in [-0.05, 0) is 36.6 Å². The SMILES string of the molecule is COC1C(C)=C(C=C(C)C2=NNC(=O)CC2C)C=CC1=S(=O)=O. The van der Waals surface area contributed by atoms with Gasteiger partial charge in [-0.15, -0.1) is 0 Å². The molecule has 1 aliphatic carbocycles. The van der Waals surface area contributed by atoms with E-state index in [1.165, 1.54) is 7.11 Å². The van der Waals surface area contributed by atoms with Crippen LogP contribution in [0, 0.1) is 5.92 Å². The summed E-state index contributed by atoms with van der Waals surface area (Å²) in [7, 11) is -0.832. The van der Waals surface area contributed by atoms with Crippen molar-refractivity contribution in [3.8, 4) is 0 Å². The molecule has 0 bridgehead atoms. The van der Waals surface area contributed by atoms with E-state index >= 15 is 0 Å². The van der Waals surface area contributed by atoms with Gasteiger partial charge >= 0.3 is 0 Å². The maximum atomic E-state index is 11.3. The van der Waals surface area contributed by atoms with Crippen LogP contribution in [0.15, 0.2) is 40.0 Å². The van der Waals surface area contributed by atoms with Crippen molar-refractivity contribution in [2.45, 2.75) is 33.3 Å². The summed E-state index contributed by atoms with van der Waals surface area (Å²) in [5, 5.41) is 4.13. The Balaban J connectivity index is 2.39. The summed E-state index contributed by atoms with van der Waals surface area (Å²) in [5.74, 6) is -0.0402. The van der Waals surface area contributed by atoms with E-state index in [9.17, 15) is 13.2 Å². The summed E-state index contributed by atoms with van der Waals surface area (Å²) in [4.78, 5) is 11.5. The van der Waals surface area contributed by atoms with Crippen LogP contribution < -0.4 is 5.43 Å². The van der Waals surface area contributed by atoms with Crippen molar-refractivity contribution >= 4 is 26.8 Å². The Morgan fingerprint density at radius 1 is 1.43 bits per heavy atom. The van der Waals surface area contributed by atoms with Crippen molar-refractivity contribution in [1.82, 2.24) is 5.43 Å². The second kappa shape index (κ2) is 7.06. The molecule has 23 heavy (non-hydrogen) atoms. The van der Waals surface area contributed by atoms with Crippen molar-refractivity contribution in [1.29, 1.82) is 0 Å². The number of hydrogen-bond donors (Lipinski definition) is 1. The van der Waals surface area contributed by atoms with Gasteiger partial charge in [-0.2, -0.15) is 13.5 Å². The molecule has 6 nitrogen and oxygen atoms in total. The fraction of sp³-hybridized carbons (Fsp3) is 0.438. The largest absolute Gasteiger partial charge is 0.371 e. The number of nitrogens with zero attached hydrogens (tertiary/aromatic N) is 1. The highest BCUT2D eigenvalue weighted by atomic mass is 32.2. The smallest absolute Gasteiger partial charge is 0.240 e. The molecule has 1 amide bonds. The average Bonchev–Trinajstić information content (AvgIpc) is 2.48. The Kier molecular flexibility index (Phi) is 5.33. The van der Waals surface area contributed by atoms with Crippen molar-refractivity contribution in [3.05, 3.63) is 34.9 Å². The maximum absolute atomic E-state index is 11.3. The predicted octanol–water partition coefficient (Wildman–Crippen LogP) is 1.40. The molecule has 1 N–H and O–H groups in total. The van der Waals surface area contributed by atoms with Gasteiger partial charge in [-0.3, -0.25) is 4.79 Å². The average molecular weight is 336 g/mol. The normalized spacial score (nSPS) is 25.4. The van der Waals surface area contributed by atoms with Gasteiger partial charge in [0.1, 0.15) is 11.0 Å². The summed E-state index contributed by atoms with van der Waals surface area (Å²) in [6.45, 7) is 5.72. The van der Waals surface area contributed by atoms with E-state index in [-0.39, 0.29) is 16.7 Å². The standard InChI is InChI=1S/C16H20N2O4S/c1-9(15-10(2)8-14(19)17-18-15)7-12-5-6-13(23(20)21)16(22-4)11(12)3/h5-7,10,16H,8H2,1-4H3,(H,17,19). The molecule has 1 aliphatic heterocycles. The Labute approximate surface area is 137 Å². The predicted molar refractivity (Wildman–Crippen MR) is 89.7 cm³/mol. The molecule has 0 spiro atoms. The van der Waals surface area contributed by atoms with E-state index in [2.05, 4.69) is 10.5 Å². The van der Waals surface area contributed by atoms with E-state index in [1.54, 1.807) is 12.2 Å². The molecule has 2 atom stereocenters. The van der Waals surface area contributed by atoms with Crippen LogP contribution in [0.2, 0.25) is 0 Å². The lowest BCUT2D eigenvalue weighted by atomic mass is 9.90. The molecule has 0 fully saturated rings. The number of methoxy groups -OCH3 is 1. The Morgan fingerprint density at radius 2 is 2.13 bits per heavy atom. The van der Waals surface area contributed by atoms with Crippen molar-refractivity contribution in [2.75, 3.05) is 7.11 Å². The monoisotopic (exact) mass is 336 g/mol. The lowest BCUT2D eigenvalue weighted by molar-refractivity contribution is -0.121. The van der Waals surface area contributed by atoms with Crippen LogP contribution in [0.1, 0.15) is 27.2 Å². The zero-order chi connectivity index (χ0) is 17.1. The number of nitrogens with one attached hydrogen (secondary N) is 1. The van der Waals surface area contributed by atoms with Gasteiger partial charge < -0.3 is 4.74 Å². The third-order valence-electron chi connectivity index (χ3n) is 4.00. The van der Waals surface area contributed by atoms with Gasteiger partial charge in [-0.1, -0.05) is 19.1 Å². The quantitative estimate of drug-likeness (QED) is 0.790. The molecule has 0 radical (unpaired) electrons. The van der Waals surface area contributed by atoms with Crippen LogP contribution in [-0.4, -0.2) is 38.1 Å². The minimum atomic E-state index is -2.32. The molecule has 124 valence electrons. The van der Waals surface area contributed by atoms with Crippen LogP contribution in [-0.2, 0) is 19.8 Å². The van der Waals surface area contributed by atoms with E-state index < -0.39 is 16.4 Å². The third kappa shape index (κ3) is 3.68. The van der Waals surface area contributed by atoms with Crippen molar-refractivity contribution in [3.63, 3.8) is 0 Å². The van der Waals surface area contributed by atoms with E-state index in [0.717, 1.165) is 22.4 Å². The van der Waals surface area contributed by atoms with Crippen LogP contribution in [0.25, 0.3) is 0 Å². The number of hydrazone groups is 1. The summed E-state index contributed by atoms with van der Waals surface area (Å²) in [5.41, 5.74) is 5.96. The van der Waals surface area contributed by atoms with Gasteiger partial charge in [0, 0.05) is 19.4 Å². The third-order valence-corrected chi connectivity index (χ3v) is 4.73. The van der Waals surface area contributed by atoms with Crippen LogP contribution in [0.5, 0.6) is 0 Å². The van der Waals surface area contributed by atoms with Gasteiger partial charge in [0.05, 0.1) is 5.71 Å². The topological polar surface area (TPSA) is 84.8 Å². The summed E-state index contributed by atoms with van der Waals surface area (Å²) < 4.78 is 27.8. The van der Waals surface area contributed by atoms with Gasteiger partial charge in [-0.25, -0.2) is 5.43 Å². The molecule has 0 saturated carbocycles. The molecule has 0 aromatic carbocycles. The Hall–Kier alpha value is -1.99. The molecule has 0 saturated heterocycles. The number of carbonyl (C=O) groups excluding carboxylic acids is 1. The second-order valence-corrected chi connectivity index (χ2v) is 6.63. The van der Waals surface area contributed by atoms with Gasteiger partial charge in [0.25, 0.3) is 0 Å². The molecule has 2 unspecified atom stereocenters. The first-order chi connectivity index (χ1) is 10.8. The zero-order valence-corrected chi connectivity index (χ0v) is 14.4. The molecular weight excluding hydrogens is 316 g/mol. The lowest BCUT2D eigenvalue weighted by Crippen LogP contribution is -2.32. The fourth-order valence-corrected chi connectivity index (χ4v) is 3.42. The Morgan fingerprint density at radius 3 is 2.70 bits per heavy atom. The first kappa shape index (κ1) is 17.4. The number of ether oxygens (including phenoxy) is 1. The van der Waals surface area contributed by atoms with Crippen LogP contribution in [0.4, 0.5) is 0 Å². The minimum Gasteiger partial charge on any atom is -0.371 e. The summed E-state index contributed by atoms with van der Waals surface area (Å²) >= 11 is 0. The van der Waals surface area contributed by atoms with Crippen LogP contribution in [0.3, 0.4) is 0 Å². The molecule has 7 heteroatoms. The van der Waals surface area contributed by atoms with E-state index in [1.807, 2.05) is 26.8 Å². The first-order valence-corrected chi connectivity index (χ1v) is 8.35. The number of allylic oxidation sites excluding steroid dienone is 4. The molecule has 0 aromatic heterocycles. The number of rotatable bonds is 3. The van der Waals surface area contributed by atoms with E-state index in [4.69, 9.17) is 4.74 Å². The second-order valence-electron chi connectivity index (χ2n) is 5.69. The summed E-state index contributed by atoms with van der Waals surface area (Å²) in [6.07, 6.45) is 5.08. The van der Waals surface area contributed by atoms with E-state index in [0.29, 0.717) is 6.42 Å². The highest BCUT2D eigenvalue weighted by Gasteiger charge is 2.24. The lowest BCUT2D eigenvalue weighted by Gasteiger charge is -2.22. The summed E-state index contributed by atoms with van der Waals surface area (Å²) in [6, 6.07) is 0. The Bertz CT molecular complexity index is 777. The van der Waals surface area contributed by atoms with Crippen molar-refractivity contribution in [2.24, 2.45) is 11.0 Å². The van der Waals surface area contributed by atoms with Crippen LogP contribution >= 0.6 is 0 Å². The van der Waals surface area contributed by atoms with Gasteiger partial charge in [0.15, 0.2) is 0 Å². The zero-order valence-electron chi connectivity index (χ0n) is 13.6. The maximum Gasteiger partial charge on any atom is 0.240 e. The number of amides is 1. The first-order valence-electron chi connectivity index (χ1n) is 7.28. The molecule has 1 heterocycles. The number of hydrogen-bond acceptors (Lipinski definition) is 5. The fourth-order valence-electron chi connectivity index (χ4n) is 2.79.